The van der Waals surface area contributed by atoms with Crippen LogP contribution in [-0.2, 0) is 22.6 Å². The number of rotatable bonds is 7. The molecule has 2 aliphatic rings. The number of thiophene rings is 1. The minimum absolute atomic E-state index is 0.0643. The number of aromatic nitrogens is 2. The Bertz CT molecular complexity index is 1320. The quantitative estimate of drug-likeness (QED) is 0.490. The van der Waals surface area contributed by atoms with Gasteiger partial charge < -0.3 is 29.7 Å². The number of aryl methyl sites for hydroxylation is 1. The van der Waals surface area contributed by atoms with Gasteiger partial charge in [-0.15, -0.1) is 11.3 Å². The first-order valence-corrected chi connectivity index (χ1v) is 12.7. The monoisotopic (exact) mass is 528 g/mol. The molecule has 4 heterocycles. The lowest BCUT2D eigenvalue weighted by molar-refractivity contribution is -0.125. The highest BCUT2D eigenvalue weighted by molar-refractivity contribution is 7.18. The maximum Gasteiger partial charge on any atom is 0.317 e. The van der Waals surface area contributed by atoms with Gasteiger partial charge in [0.05, 0.1) is 34.6 Å². The predicted octanol–water partition coefficient (Wildman–Crippen LogP) is 2.71. The second kappa shape index (κ2) is 10.3. The Balaban J connectivity index is 1.41. The molecule has 1 aromatic carbocycles. The Kier molecular flexibility index (Phi) is 6.95. The van der Waals surface area contributed by atoms with Gasteiger partial charge in [0.2, 0.25) is 0 Å². The van der Waals surface area contributed by atoms with Crippen LogP contribution < -0.4 is 15.5 Å². The van der Waals surface area contributed by atoms with Gasteiger partial charge >= 0.3 is 6.03 Å². The number of halogens is 1. The van der Waals surface area contributed by atoms with Crippen molar-refractivity contribution >= 4 is 46.5 Å². The van der Waals surface area contributed by atoms with Crippen LogP contribution in [0.2, 0.25) is 4.34 Å². The molecular weight excluding hydrogens is 504 g/mol. The van der Waals surface area contributed by atoms with Gasteiger partial charge in [-0.05, 0) is 42.8 Å². The zero-order valence-electron chi connectivity index (χ0n) is 19.6. The van der Waals surface area contributed by atoms with Gasteiger partial charge in [0, 0.05) is 37.2 Å². The summed E-state index contributed by atoms with van der Waals surface area (Å²) in [5.41, 5.74) is 3.29. The summed E-state index contributed by atoms with van der Waals surface area (Å²) in [6.45, 7) is 4.78. The molecule has 2 aliphatic heterocycles. The number of morpholine rings is 1. The zero-order chi connectivity index (χ0) is 25.2. The molecule has 12 heteroatoms. The Labute approximate surface area is 216 Å². The van der Waals surface area contributed by atoms with Crippen LogP contribution in [0.25, 0.3) is 5.69 Å². The number of amides is 4. The molecule has 0 bridgehead atoms. The molecule has 2 fully saturated rings. The third-order valence-corrected chi connectivity index (χ3v) is 7.30. The van der Waals surface area contributed by atoms with E-state index in [2.05, 4.69) is 10.6 Å². The van der Waals surface area contributed by atoms with E-state index in [1.807, 2.05) is 35.9 Å². The number of carbonyl (C=O) groups excluding carboxylic acids is 3. The number of benzene rings is 1. The molecule has 0 saturated carbocycles. The standard InChI is InChI=1S/C24H25ClN6O4S/c1-15-10-17(2-3-18(15)30-8-9-35-14-22(30)32)31-12-16(11-27-23(33)19-4-5-20(25)36-19)28-21(31)13-29-7-6-26-24(29)34/h2-5,10,12H,6-9,11,13-14H2,1H3,(H,26,34)(H,27,33). The smallest absolute Gasteiger partial charge is 0.317 e. The summed E-state index contributed by atoms with van der Waals surface area (Å²) in [7, 11) is 0. The van der Waals surface area contributed by atoms with E-state index in [4.69, 9.17) is 21.3 Å². The topological polar surface area (TPSA) is 109 Å². The van der Waals surface area contributed by atoms with E-state index < -0.39 is 0 Å². The number of hydrogen-bond donors (Lipinski definition) is 2. The SMILES string of the molecule is Cc1cc(-n2cc(CNC(=O)c3ccc(Cl)s3)nc2CN2CCNC2=O)ccc1N1CCOCC1=O. The highest BCUT2D eigenvalue weighted by atomic mass is 35.5. The fraction of sp³-hybridized carbons (Fsp3) is 0.333. The molecule has 4 amide bonds. The Morgan fingerprint density at radius 1 is 1.25 bits per heavy atom. The van der Waals surface area contributed by atoms with Crippen molar-refractivity contribution in [1.29, 1.82) is 0 Å². The molecule has 0 atom stereocenters. The average Bonchev–Trinajstić information content (AvgIpc) is 3.59. The largest absolute Gasteiger partial charge is 0.370 e. The molecule has 36 heavy (non-hydrogen) atoms. The number of nitrogens with zero attached hydrogens (tertiary/aromatic N) is 4. The fourth-order valence-corrected chi connectivity index (χ4v) is 5.24. The van der Waals surface area contributed by atoms with Crippen LogP contribution in [0.15, 0.2) is 36.5 Å². The Hall–Kier alpha value is -3.41. The van der Waals surface area contributed by atoms with Crippen LogP contribution in [-0.4, -0.2) is 65.1 Å². The van der Waals surface area contributed by atoms with Crippen molar-refractivity contribution < 1.29 is 19.1 Å². The predicted molar refractivity (Wildman–Crippen MR) is 136 cm³/mol. The maximum absolute atomic E-state index is 12.5. The highest BCUT2D eigenvalue weighted by Gasteiger charge is 2.24. The van der Waals surface area contributed by atoms with E-state index in [0.717, 1.165) is 16.9 Å². The van der Waals surface area contributed by atoms with Gasteiger partial charge in [0.15, 0.2) is 0 Å². The van der Waals surface area contributed by atoms with Crippen molar-refractivity contribution in [3.8, 4) is 5.69 Å². The normalized spacial score (nSPS) is 15.9. The molecule has 5 rings (SSSR count). The summed E-state index contributed by atoms with van der Waals surface area (Å²) >= 11 is 7.16. The van der Waals surface area contributed by atoms with Crippen LogP contribution in [0.5, 0.6) is 0 Å². The van der Waals surface area contributed by atoms with E-state index in [-0.39, 0.29) is 31.0 Å². The molecule has 2 saturated heterocycles. The molecule has 0 aliphatic carbocycles. The first kappa shape index (κ1) is 24.3. The molecule has 0 unspecified atom stereocenters. The molecule has 2 aromatic heterocycles. The molecule has 0 spiro atoms. The van der Waals surface area contributed by atoms with Crippen LogP contribution in [0.1, 0.15) is 26.8 Å². The number of anilines is 1. The lowest BCUT2D eigenvalue weighted by Crippen LogP contribution is -2.42. The average molecular weight is 529 g/mol. The van der Waals surface area contributed by atoms with E-state index in [0.29, 0.717) is 53.5 Å². The summed E-state index contributed by atoms with van der Waals surface area (Å²) in [6, 6.07) is 9.07. The van der Waals surface area contributed by atoms with Crippen LogP contribution >= 0.6 is 22.9 Å². The summed E-state index contributed by atoms with van der Waals surface area (Å²) in [5, 5.41) is 5.69. The molecule has 10 nitrogen and oxygen atoms in total. The zero-order valence-corrected chi connectivity index (χ0v) is 21.2. The lowest BCUT2D eigenvalue weighted by atomic mass is 10.1. The van der Waals surface area contributed by atoms with Gasteiger partial charge in [0.25, 0.3) is 11.8 Å². The second-order valence-corrected chi connectivity index (χ2v) is 10.2. The van der Waals surface area contributed by atoms with E-state index >= 15 is 0 Å². The van der Waals surface area contributed by atoms with Crippen molar-refractivity contribution in [2.24, 2.45) is 0 Å². The van der Waals surface area contributed by atoms with Gasteiger partial charge in [-0.25, -0.2) is 9.78 Å². The number of nitrogens with one attached hydrogen (secondary N) is 2. The maximum atomic E-state index is 12.5. The third kappa shape index (κ3) is 5.08. The summed E-state index contributed by atoms with van der Waals surface area (Å²) in [4.78, 5) is 45.7. The second-order valence-electron chi connectivity index (χ2n) is 8.53. The van der Waals surface area contributed by atoms with Crippen LogP contribution in [0, 0.1) is 6.92 Å². The van der Waals surface area contributed by atoms with Crippen molar-refractivity contribution in [1.82, 2.24) is 25.1 Å². The summed E-state index contributed by atoms with van der Waals surface area (Å²) < 4.78 is 7.72. The van der Waals surface area contributed by atoms with E-state index in [1.165, 1.54) is 11.3 Å². The van der Waals surface area contributed by atoms with Gasteiger partial charge in [0.1, 0.15) is 12.4 Å². The van der Waals surface area contributed by atoms with Crippen LogP contribution in [0.3, 0.4) is 0 Å². The summed E-state index contributed by atoms with van der Waals surface area (Å²) in [5.74, 6) is 0.382. The van der Waals surface area contributed by atoms with Gasteiger partial charge in [-0.3, -0.25) is 9.59 Å². The van der Waals surface area contributed by atoms with E-state index in [9.17, 15) is 14.4 Å². The van der Waals surface area contributed by atoms with Crippen molar-refractivity contribution in [2.45, 2.75) is 20.0 Å². The highest BCUT2D eigenvalue weighted by Crippen LogP contribution is 2.26. The van der Waals surface area contributed by atoms with Crippen molar-refractivity contribution in [3.63, 3.8) is 0 Å². The van der Waals surface area contributed by atoms with Crippen molar-refractivity contribution in [2.75, 3.05) is 37.7 Å². The first-order chi connectivity index (χ1) is 17.4. The molecule has 188 valence electrons. The number of hydrogen-bond acceptors (Lipinski definition) is 6. The third-order valence-electron chi connectivity index (χ3n) is 6.07. The number of ether oxygens (including phenoxy) is 1. The Morgan fingerprint density at radius 3 is 2.81 bits per heavy atom. The minimum atomic E-state index is -0.225. The first-order valence-electron chi connectivity index (χ1n) is 11.5. The van der Waals surface area contributed by atoms with Crippen molar-refractivity contribution in [3.05, 3.63) is 62.8 Å². The summed E-state index contributed by atoms with van der Waals surface area (Å²) in [6.07, 6.45) is 1.86. The molecule has 0 radical (unpaired) electrons. The Morgan fingerprint density at radius 2 is 2.11 bits per heavy atom. The fourth-order valence-electron chi connectivity index (χ4n) is 4.28. The molecule has 3 aromatic rings. The lowest BCUT2D eigenvalue weighted by Gasteiger charge is -2.28. The number of carbonyl (C=O) groups is 3. The van der Waals surface area contributed by atoms with E-state index in [1.54, 1.807) is 21.9 Å². The molecule has 2 N–H and O–H groups in total. The molecular formula is C24H25ClN6O4S. The number of imidazole rings is 1. The number of urea groups is 1. The van der Waals surface area contributed by atoms with Crippen LogP contribution in [0.4, 0.5) is 10.5 Å². The van der Waals surface area contributed by atoms with Gasteiger partial charge in [-0.2, -0.15) is 0 Å². The van der Waals surface area contributed by atoms with Gasteiger partial charge in [-0.1, -0.05) is 11.6 Å². The minimum Gasteiger partial charge on any atom is -0.370 e.